The SMILES string of the molecule is N#Cc1ccc(-c2ccc(OC(=O)C3CCN(C(=O)c4ccc(C(F)(F)F)cc4)CC3)cc2)cc1. The van der Waals surface area contributed by atoms with Crippen LogP contribution in [0.2, 0.25) is 0 Å². The van der Waals surface area contributed by atoms with E-state index >= 15 is 0 Å². The minimum absolute atomic E-state index is 0.182. The number of amides is 1. The summed E-state index contributed by atoms with van der Waals surface area (Å²) >= 11 is 0. The maximum Gasteiger partial charge on any atom is 0.416 e. The van der Waals surface area contributed by atoms with Crippen molar-refractivity contribution in [1.82, 2.24) is 4.90 Å². The lowest BCUT2D eigenvalue weighted by Crippen LogP contribution is -2.41. The number of carbonyl (C=O) groups is 2. The molecule has 3 aromatic rings. The van der Waals surface area contributed by atoms with Crippen LogP contribution in [0.1, 0.15) is 34.3 Å². The van der Waals surface area contributed by atoms with Crippen LogP contribution in [0.3, 0.4) is 0 Å². The molecule has 0 bridgehead atoms. The molecular formula is C27H21F3N2O3. The van der Waals surface area contributed by atoms with Crippen molar-refractivity contribution in [1.29, 1.82) is 5.26 Å². The van der Waals surface area contributed by atoms with Gasteiger partial charge in [0.1, 0.15) is 5.75 Å². The van der Waals surface area contributed by atoms with E-state index < -0.39 is 11.7 Å². The molecule has 0 aliphatic carbocycles. The summed E-state index contributed by atoms with van der Waals surface area (Å²) in [6.45, 7) is 0.633. The van der Waals surface area contributed by atoms with Gasteiger partial charge in [0.15, 0.2) is 0 Å². The summed E-state index contributed by atoms with van der Waals surface area (Å²) in [5, 5.41) is 8.90. The van der Waals surface area contributed by atoms with Crippen LogP contribution < -0.4 is 4.74 Å². The number of hydrogen-bond acceptors (Lipinski definition) is 4. The normalized spacial score (nSPS) is 14.3. The fraction of sp³-hybridized carbons (Fsp3) is 0.222. The van der Waals surface area contributed by atoms with Gasteiger partial charge in [0.25, 0.3) is 5.91 Å². The van der Waals surface area contributed by atoms with Crippen molar-refractivity contribution in [3.63, 3.8) is 0 Å². The zero-order valence-corrected chi connectivity index (χ0v) is 18.6. The van der Waals surface area contributed by atoms with E-state index in [1.807, 2.05) is 24.3 Å². The van der Waals surface area contributed by atoms with E-state index in [2.05, 4.69) is 6.07 Å². The number of alkyl halides is 3. The van der Waals surface area contributed by atoms with Gasteiger partial charge in [0, 0.05) is 18.7 Å². The van der Waals surface area contributed by atoms with Crippen molar-refractivity contribution in [2.45, 2.75) is 19.0 Å². The van der Waals surface area contributed by atoms with Crippen LogP contribution >= 0.6 is 0 Å². The van der Waals surface area contributed by atoms with Gasteiger partial charge in [0.05, 0.1) is 23.1 Å². The average Bonchev–Trinajstić information content (AvgIpc) is 2.88. The number of hydrogen-bond donors (Lipinski definition) is 0. The number of nitriles is 1. The lowest BCUT2D eigenvalue weighted by Gasteiger charge is -2.31. The zero-order chi connectivity index (χ0) is 25.0. The molecule has 178 valence electrons. The van der Waals surface area contributed by atoms with Crippen LogP contribution in [-0.2, 0) is 11.0 Å². The number of esters is 1. The monoisotopic (exact) mass is 478 g/mol. The largest absolute Gasteiger partial charge is 0.426 e. The smallest absolute Gasteiger partial charge is 0.416 e. The van der Waals surface area contributed by atoms with E-state index in [1.165, 1.54) is 12.1 Å². The van der Waals surface area contributed by atoms with Crippen molar-refractivity contribution < 1.29 is 27.5 Å². The molecule has 3 aromatic carbocycles. The molecule has 0 saturated carbocycles. The molecule has 1 heterocycles. The third kappa shape index (κ3) is 5.69. The van der Waals surface area contributed by atoms with Crippen molar-refractivity contribution in [3.8, 4) is 22.9 Å². The molecule has 5 nitrogen and oxygen atoms in total. The number of ether oxygens (including phenoxy) is 1. The summed E-state index contributed by atoms with van der Waals surface area (Å²) in [7, 11) is 0. The molecule has 0 atom stereocenters. The Morgan fingerprint density at radius 3 is 1.91 bits per heavy atom. The van der Waals surface area contributed by atoms with Crippen LogP contribution in [0.4, 0.5) is 13.2 Å². The first kappa shape index (κ1) is 24.0. The second-order valence-electron chi connectivity index (χ2n) is 8.28. The van der Waals surface area contributed by atoms with Crippen molar-refractivity contribution in [2.24, 2.45) is 5.92 Å². The summed E-state index contributed by atoms with van der Waals surface area (Å²) in [6.07, 6.45) is -3.63. The maximum absolute atomic E-state index is 12.7. The van der Waals surface area contributed by atoms with Gasteiger partial charge in [-0.2, -0.15) is 18.4 Å². The fourth-order valence-corrected chi connectivity index (χ4v) is 3.95. The van der Waals surface area contributed by atoms with Gasteiger partial charge < -0.3 is 9.64 Å². The Hall–Kier alpha value is -4.12. The molecule has 1 fully saturated rings. The topological polar surface area (TPSA) is 70.4 Å². The summed E-state index contributed by atoms with van der Waals surface area (Å²) in [5.74, 6) is -0.692. The first-order valence-corrected chi connectivity index (χ1v) is 11.0. The summed E-state index contributed by atoms with van der Waals surface area (Å²) in [4.78, 5) is 26.8. The predicted molar refractivity (Wildman–Crippen MR) is 122 cm³/mol. The first-order valence-electron chi connectivity index (χ1n) is 11.0. The van der Waals surface area contributed by atoms with E-state index in [0.29, 0.717) is 37.2 Å². The average molecular weight is 478 g/mol. The molecule has 1 aliphatic rings. The standard InChI is InChI=1S/C27H21F3N2O3/c28-27(29,30)23-9-5-21(6-10-23)25(33)32-15-13-22(14-16-32)26(34)35-24-11-7-20(8-12-24)19-3-1-18(17-31)2-4-19/h1-12,22H,13-16H2. The third-order valence-electron chi connectivity index (χ3n) is 5.99. The van der Waals surface area contributed by atoms with Crippen LogP contribution in [0.5, 0.6) is 5.75 Å². The molecular weight excluding hydrogens is 457 g/mol. The summed E-state index contributed by atoms with van der Waals surface area (Å²) in [5.41, 5.74) is 1.81. The molecule has 0 N–H and O–H groups in total. The van der Waals surface area contributed by atoms with Gasteiger partial charge in [-0.1, -0.05) is 24.3 Å². The van der Waals surface area contributed by atoms with Crippen molar-refractivity contribution in [3.05, 3.63) is 89.5 Å². The number of piperidine rings is 1. The Morgan fingerprint density at radius 2 is 1.40 bits per heavy atom. The highest BCUT2D eigenvalue weighted by Crippen LogP contribution is 2.30. The first-order chi connectivity index (χ1) is 16.7. The van der Waals surface area contributed by atoms with E-state index in [1.54, 1.807) is 29.2 Å². The van der Waals surface area contributed by atoms with Crippen LogP contribution in [0.15, 0.2) is 72.8 Å². The lowest BCUT2D eigenvalue weighted by atomic mass is 9.96. The highest BCUT2D eigenvalue weighted by atomic mass is 19.4. The minimum atomic E-state index is -4.45. The van der Waals surface area contributed by atoms with Crippen LogP contribution in [0, 0.1) is 17.2 Å². The molecule has 0 unspecified atom stereocenters. The number of rotatable bonds is 4. The van der Waals surface area contributed by atoms with E-state index in [9.17, 15) is 22.8 Å². The number of carbonyl (C=O) groups excluding carboxylic acids is 2. The lowest BCUT2D eigenvalue weighted by molar-refractivity contribution is -0.140. The molecule has 1 amide bonds. The number of likely N-dealkylation sites (tertiary alicyclic amines) is 1. The van der Waals surface area contributed by atoms with Gasteiger partial charge in [-0.15, -0.1) is 0 Å². The quantitative estimate of drug-likeness (QED) is 0.356. The van der Waals surface area contributed by atoms with Gasteiger partial charge >= 0.3 is 12.1 Å². The van der Waals surface area contributed by atoms with Gasteiger partial charge in [-0.3, -0.25) is 9.59 Å². The van der Waals surface area contributed by atoms with Crippen molar-refractivity contribution in [2.75, 3.05) is 13.1 Å². The maximum atomic E-state index is 12.7. The molecule has 0 radical (unpaired) electrons. The minimum Gasteiger partial charge on any atom is -0.426 e. The molecule has 8 heteroatoms. The zero-order valence-electron chi connectivity index (χ0n) is 18.6. The Bertz CT molecular complexity index is 1240. The molecule has 35 heavy (non-hydrogen) atoms. The van der Waals surface area contributed by atoms with Gasteiger partial charge in [0.2, 0.25) is 0 Å². The van der Waals surface area contributed by atoms with E-state index in [4.69, 9.17) is 10.00 Å². The Kier molecular flexibility index (Phi) is 6.87. The highest BCUT2D eigenvalue weighted by Gasteiger charge is 2.32. The van der Waals surface area contributed by atoms with Gasteiger partial charge in [-0.05, 0) is 72.5 Å². The molecule has 1 aliphatic heterocycles. The predicted octanol–water partition coefficient (Wildman–Crippen LogP) is 5.70. The second kappa shape index (κ2) is 10.0. The second-order valence-corrected chi connectivity index (χ2v) is 8.28. The Balaban J connectivity index is 1.30. The van der Waals surface area contributed by atoms with E-state index in [0.717, 1.165) is 23.3 Å². The van der Waals surface area contributed by atoms with Gasteiger partial charge in [-0.25, -0.2) is 0 Å². The molecule has 1 saturated heterocycles. The fourth-order valence-electron chi connectivity index (χ4n) is 3.95. The van der Waals surface area contributed by atoms with Crippen molar-refractivity contribution >= 4 is 11.9 Å². The summed E-state index contributed by atoms with van der Waals surface area (Å²) in [6, 6.07) is 20.4. The molecule has 0 spiro atoms. The Morgan fingerprint density at radius 1 is 0.857 bits per heavy atom. The third-order valence-corrected chi connectivity index (χ3v) is 5.99. The van der Waals surface area contributed by atoms with Crippen LogP contribution in [-0.4, -0.2) is 29.9 Å². The molecule has 4 rings (SSSR count). The number of halogens is 3. The van der Waals surface area contributed by atoms with Crippen LogP contribution in [0.25, 0.3) is 11.1 Å². The van der Waals surface area contributed by atoms with E-state index in [-0.39, 0.29) is 23.4 Å². The summed E-state index contributed by atoms with van der Waals surface area (Å²) < 4.78 is 43.7. The number of nitrogens with zero attached hydrogens (tertiary/aromatic N) is 2. The Labute approximate surface area is 200 Å². The number of benzene rings is 3. The molecule has 0 aromatic heterocycles. The highest BCUT2D eigenvalue weighted by molar-refractivity contribution is 5.94.